The van der Waals surface area contributed by atoms with Crippen LogP contribution in [0.25, 0.3) is 0 Å². The lowest BCUT2D eigenvalue weighted by molar-refractivity contribution is -0.352. The fraction of sp³-hybridized carbons (Fsp3) is 0.682. The quantitative estimate of drug-likeness (QED) is 0.151. The number of benzene rings is 1. The topological polar surface area (TPSA) is 225 Å². The van der Waals surface area contributed by atoms with Gasteiger partial charge in [-0.05, 0) is 24.1 Å². The summed E-state index contributed by atoms with van der Waals surface area (Å²) < 4.78 is 27.3. The third-order valence-electron chi connectivity index (χ3n) is 6.06. The molecule has 0 aliphatic carbocycles. The zero-order valence-corrected chi connectivity index (χ0v) is 19.4. The van der Waals surface area contributed by atoms with Gasteiger partial charge < -0.3 is 64.5 Å². The van der Waals surface area contributed by atoms with Crippen molar-refractivity contribution in [1.29, 1.82) is 0 Å². The van der Waals surface area contributed by atoms with Gasteiger partial charge in [0.05, 0.1) is 20.3 Å². The Balaban J connectivity index is 1.72. The molecule has 0 saturated carbocycles. The number of aliphatic hydroxyl groups is 7. The average Bonchev–Trinajstić information content (AvgIpc) is 2.87. The van der Waals surface area contributed by atoms with Crippen LogP contribution in [0.4, 0.5) is 0 Å². The summed E-state index contributed by atoms with van der Waals surface area (Å²) in [6.07, 6.45) is -15.6. The first-order valence-electron chi connectivity index (χ1n) is 11.2. The van der Waals surface area contributed by atoms with Gasteiger partial charge in [-0.1, -0.05) is 6.07 Å². The monoisotopic (exact) mass is 520 g/mol. The minimum absolute atomic E-state index is 0.0893. The second-order valence-corrected chi connectivity index (χ2v) is 8.50. The van der Waals surface area contributed by atoms with E-state index in [4.69, 9.17) is 28.8 Å². The zero-order chi connectivity index (χ0) is 26.6. The normalized spacial score (nSPS) is 36.9. The molecule has 2 fully saturated rings. The molecule has 14 nitrogen and oxygen atoms in total. The second-order valence-electron chi connectivity index (χ2n) is 8.50. The number of methoxy groups -OCH3 is 1. The van der Waals surface area contributed by atoms with E-state index in [-0.39, 0.29) is 24.3 Å². The Labute approximate surface area is 205 Å². The van der Waals surface area contributed by atoms with Gasteiger partial charge in [0.1, 0.15) is 48.8 Å². The van der Waals surface area contributed by atoms with Crippen LogP contribution in [-0.4, -0.2) is 129 Å². The summed E-state index contributed by atoms with van der Waals surface area (Å²) in [5.74, 6) is -0.640. The van der Waals surface area contributed by atoms with Crippen LogP contribution >= 0.6 is 0 Å². The van der Waals surface area contributed by atoms with Crippen LogP contribution in [-0.2, 0) is 25.4 Å². The van der Waals surface area contributed by atoms with Crippen molar-refractivity contribution in [3.63, 3.8) is 0 Å². The van der Waals surface area contributed by atoms with Crippen molar-refractivity contribution in [2.45, 2.75) is 74.3 Å². The lowest BCUT2D eigenvalue weighted by Gasteiger charge is -2.45. The highest BCUT2D eigenvalue weighted by atomic mass is 16.7. The van der Waals surface area contributed by atoms with Gasteiger partial charge in [0.2, 0.25) is 6.29 Å². The van der Waals surface area contributed by atoms with Crippen LogP contribution < -0.4 is 9.47 Å². The Hall–Kier alpha value is -2.11. The maximum absolute atomic E-state index is 10.8. The van der Waals surface area contributed by atoms with Gasteiger partial charge >= 0.3 is 5.97 Å². The highest BCUT2D eigenvalue weighted by Gasteiger charge is 2.51. The van der Waals surface area contributed by atoms with Crippen LogP contribution in [0.5, 0.6) is 11.5 Å². The molecule has 0 amide bonds. The fourth-order valence-corrected chi connectivity index (χ4v) is 3.99. The number of hydrogen-bond donors (Lipinski definition) is 8. The van der Waals surface area contributed by atoms with Crippen molar-refractivity contribution in [3.05, 3.63) is 23.8 Å². The summed E-state index contributed by atoms with van der Waals surface area (Å²) in [6.45, 7) is -1.41. The Kier molecular flexibility index (Phi) is 9.82. The highest BCUT2D eigenvalue weighted by molar-refractivity contribution is 5.67. The van der Waals surface area contributed by atoms with E-state index in [0.29, 0.717) is 5.56 Å². The average molecular weight is 520 g/mol. The zero-order valence-electron chi connectivity index (χ0n) is 19.4. The first-order chi connectivity index (χ1) is 17.1. The van der Waals surface area contributed by atoms with Gasteiger partial charge in [-0.15, -0.1) is 0 Å². The lowest BCUT2D eigenvalue weighted by atomic mass is 9.97. The number of rotatable bonds is 10. The molecule has 2 heterocycles. The van der Waals surface area contributed by atoms with E-state index in [1.807, 2.05) is 0 Å². The summed E-state index contributed by atoms with van der Waals surface area (Å²) in [5.41, 5.74) is 0.660. The molecule has 0 aromatic heterocycles. The number of carboxylic acid groups (broad SMARTS) is 1. The van der Waals surface area contributed by atoms with Gasteiger partial charge in [-0.2, -0.15) is 0 Å². The molecule has 2 aliphatic rings. The Morgan fingerprint density at radius 3 is 2.11 bits per heavy atom. The third kappa shape index (κ3) is 6.23. The number of ether oxygens (including phenoxy) is 5. The molecule has 2 saturated heterocycles. The number of aliphatic hydroxyl groups excluding tert-OH is 7. The van der Waals surface area contributed by atoms with E-state index in [0.717, 1.165) is 0 Å². The fourth-order valence-electron chi connectivity index (χ4n) is 3.99. The number of carboxylic acids is 1. The number of hydrogen-bond acceptors (Lipinski definition) is 13. The van der Waals surface area contributed by atoms with E-state index in [2.05, 4.69) is 0 Å². The third-order valence-corrected chi connectivity index (χ3v) is 6.06. The highest BCUT2D eigenvalue weighted by Crippen LogP contribution is 2.34. The molecule has 0 radical (unpaired) electrons. The summed E-state index contributed by atoms with van der Waals surface area (Å²) in [5, 5.41) is 79.4. The molecule has 10 atom stereocenters. The van der Waals surface area contributed by atoms with Crippen LogP contribution in [0.15, 0.2) is 18.2 Å². The van der Waals surface area contributed by atoms with E-state index in [1.54, 1.807) is 12.1 Å². The van der Waals surface area contributed by atoms with Gasteiger partial charge in [-0.25, -0.2) is 0 Å². The molecule has 36 heavy (non-hydrogen) atoms. The van der Waals surface area contributed by atoms with Gasteiger partial charge in [0.15, 0.2) is 17.8 Å². The van der Waals surface area contributed by atoms with E-state index < -0.39 is 80.6 Å². The molecule has 0 bridgehead atoms. The predicted octanol–water partition coefficient (Wildman–Crippen LogP) is -3.28. The van der Waals surface area contributed by atoms with Gasteiger partial charge in [-0.3, -0.25) is 4.79 Å². The molecule has 3 rings (SSSR count). The largest absolute Gasteiger partial charge is 0.493 e. The number of aliphatic carboxylic acids is 1. The Morgan fingerprint density at radius 1 is 0.861 bits per heavy atom. The minimum atomic E-state index is -1.77. The van der Waals surface area contributed by atoms with Crippen LogP contribution in [0.1, 0.15) is 12.0 Å². The molecule has 0 spiro atoms. The van der Waals surface area contributed by atoms with Crippen LogP contribution in [0.2, 0.25) is 0 Å². The van der Waals surface area contributed by atoms with Crippen LogP contribution in [0, 0.1) is 0 Å². The maximum atomic E-state index is 10.8. The molecule has 204 valence electrons. The molecular formula is C22H32O14. The van der Waals surface area contributed by atoms with Crippen molar-refractivity contribution < 1.29 is 69.3 Å². The summed E-state index contributed by atoms with van der Waals surface area (Å²) in [6, 6.07) is 4.63. The van der Waals surface area contributed by atoms with Crippen molar-refractivity contribution >= 4 is 5.97 Å². The van der Waals surface area contributed by atoms with Crippen LogP contribution in [0.3, 0.4) is 0 Å². The SMILES string of the molecule is COc1cc(CCC(=O)O)ccc1O[C@@H]1O[C@H](CO)[C@@H](O[C@@H]2O[C@H](CO)[C@H](O)[C@H](O)[C@H]2O)[C@H](O)[C@H]1O. The Morgan fingerprint density at radius 2 is 1.50 bits per heavy atom. The number of aryl methyl sites for hydroxylation is 1. The molecule has 14 heteroatoms. The first kappa shape index (κ1) is 28.5. The second kappa shape index (κ2) is 12.4. The van der Waals surface area contributed by atoms with E-state index >= 15 is 0 Å². The first-order valence-corrected chi connectivity index (χ1v) is 11.2. The smallest absolute Gasteiger partial charge is 0.303 e. The van der Waals surface area contributed by atoms with Crippen molar-refractivity contribution in [2.24, 2.45) is 0 Å². The maximum Gasteiger partial charge on any atom is 0.303 e. The molecule has 2 aliphatic heterocycles. The summed E-state index contributed by atoms with van der Waals surface area (Å²) >= 11 is 0. The van der Waals surface area contributed by atoms with Crippen molar-refractivity contribution in [1.82, 2.24) is 0 Å². The van der Waals surface area contributed by atoms with E-state index in [1.165, 1.54) is 13.2 Å². The Bertz CT molecular complexity index is 863. The molecule has 0 unspecified atom stereocenters. The van der Waals surface area contributed by atoms with Crippen molar-refractivity contribution in [2.75, 3.05) is 20.3 Å². The molecule has 8 N–H and O–H groups in total. The van der Waals surface area contributed by atoms with Gasteiger partial charge in [0, 0.05) is 6.42 Å². The molecular weight excluding hydrogens is 488 g/mol. The summed E-state index contributed by atoms with van der Waals surface area (Å²) in [4.78, 5) is 10.8. The number of carbonyl (C=O) groups is 1. The van der Waals surface area contributed by atoms with Crippen molar-refractivity contribution in [3.8, 4) is 11.5 Å². The lowest BCUT2D eigenvalue weighted by Crippen LogP contribution is -2.65. The molecule has 1 aromatic rings. The van der Waals surface area contributed by atoms with E-state index in [9.17, 15) is 40.5 Å². The minimum Gasteiger partial charge on any atom is -0.493 e. The standard InChI is InChI=1S/C22H32O14/c1-32-11-6-9(3-5-14(25)26)2-4-10(11)33-21-19(31)17(29)20(13(8-24)35-21)36-22-18(30)16(28)15(27)12(7-23)34-22/h2,4,6,12-13,15-24,27-31H,3,5,7-8H2,1H3,(H,25,26)/t12-,13-,15+,16+,17-,18-,19-,20-,21-,22+/m1/s1. The van der Waals surface area contributed by atoms with Gasteiger partial charge in [0.25, 0.3) is 0 Å². The predicted molar refractivity (Wildman–Crippen MR) is 116 cm³/mol. The molecule has 1 aromatic carbocycles. The summed E-state index contributed by atoms with van der Waals surface area (Å²) in [7, 11) is 1.36.